The number of hydrogen-bond donors (Lipinski definition) is 1. The van der Waals surface area contributed by atoms with E-state index in [4.69, 9.17) is 0 Å². The third-order valence-electron chi connectivity index (χ3n) is 6.75. The fraction of sp³-hybridized carbons (Fsp3) is 0.200. The average Bonchev–Trinajstić information content (AvgIpc) is 3.29. The Morgan fingerprint density at radius 1 is 0.950 bits per heavy atom. The number of para-hydroxylation sites is 1. The molecule has 204 valence electrons. The lowest BCUT2D eigenvalue weighted by Crippen LogP contribution is -2.46. The first-order valence-electron chi connectivity index (χ1n) is 12.8. The van der Waals surface area contributed by atoms with Gasteiger partial charge < -0.3 is 9.80 Å². The van der Waals surface area contributed by atoms with E-state index in [2.05, 4.69) is 10.2 Å². The van der Waals surface area contributed by atoms with E-state index in [0.717, 1.165) is 0 Å². The van der Waals surface area contributed by atoms with Gasteiger partial charge in [-0.1, -0.05) is 18.2 Å². The summed E-state index contributed by atoms with van der Waals surface area (Å²) < 4.78 is 27.2. The highest BCUT2D eigenvalue weighted by Crippen LogP contribution is 2.27. The molecule has 0 fully saturated rings. The summed E-state index contributed by atoms with van der Waals surface area (Å²) in [6, 6.07) is 18.2. The zero-order valence-electron chi connectivity index (χ0n) is 21.9. The predicted octanol–water partition coefficient (Wildman–Crippen LogP) is 4.79. The molecule has 0 aliphatic carbocycles. The van der Waals surface area contributed by atoms with E-state index in [9.17, 15) is 23.2 Å². The second-order valence-corrected chi connectivity index (χ2v) is 9.76. The molecule has 4 aromatic rings. The van der Waals surface area contributed by atoms with Crippen molar-refractivity contribution in [2.75, 3.05) is 16.3 Å². The van der Waals surface area contributed by atoms with E-state index in [1.54, 1.807) is 30.3 Å². The number of halogens is 2. The van der Waals surface area contributed by atoms with Gasteiger partial charge in [-0.2, -0.15) is 5.10 Å². The molecule has 1 aliphatic heterocycles. The number of anilines is 2. The average molecular weight is 544 g/mol. The van der Waals surface area contributed by atoms with Crippen molar-refractivity contribution in [1.29, 1.82) is 0 Å². The molecule has 1 atom stereocenters. The number of nitrogens with zero attached hydrogens (tertiary/aromatic N) is 4. The Labute approximate surface area is 229 Å². The van der Waals surface area contributed by atoms with E-state index in [1.807, 2.05) is 19.9 Å². The van der Waals surface area contributed by atoms with Crippen molar-refractivity contribution in [3.05, 3.63) is 103 Å². The predicted molar refractivity (Wildman–Crippen MR) is 147 cm³/mol. The van der Waals surface area contributed by atoms with E-state index in [1.165, 1.54) is 63.5 Å². The van der Waals surface area contributed by atoms with E-state index >= 15 is 0 Å². The normalized spacial score (nSPS) is 15.7. The lowest BCUT2D eigenvalue weighted by Gasteiger charge is -2.29. The number of aromatic nitrogens is 2. The maximum Gasteiger partial charge on any atom is 0.247 e. The number of benzene rings is 3. The van der Waals surface area contributed by atoms with Crippen LogP contribution in [0.3, 0.4) is 0 Å². The monoisotopic (exact) mass is 543 g/mol. The summed E-state index contributed by atoms with van der Waals surface area (Å²) in [4.78, 5) is 45.3. The smallest absolute Gasteiger partial charge is 0.247 e. The first-order valence-corrected chi connectivity index (χ1v) is 12.8. The highest BCUT2D eigenvalue weighted by Gasteiger charge is 2.38. The lowest BCUT2D eigenvalue weighted by molar-refractivity contribution is -0.140. The van der Waals surface area contributed by atoms with Gasteiger partial charge in [0.1, 0.15) is 24.1 Å². The number of carbonyl (C=O) groups excluding carboxylic acids is 3. The maximum atomic E-state index is 13.9. The Hall–Kier alpha value is -4.86. The summed E-state index contributed by atoms with van der Waals surface area (Å²) in [5, 5.41) is 7.56. The van der Waals surface area contributed by atoms with Crippen LogP contribution in [0.15, 0.2) is 85.2 Å². The molecule has 1 aliphatic rings. The molecule has 40 heavy (non-hydrogen) atoms. The van der Waals surface area contributed by atoms with Crippen LogP contribution in [0.4, 0.5) is 20.2 Å². The van der Waals surface area contributed by atoms with Gasteiger partial charge in [0.25, 0.3) is 0 Å². The number of aromatic amines is 1. The van der Waals surface area contributed by atoms with Crippen molar-refractivity contribution in [2.45, 2.75) is 26.3 Å². The largest absolute Gasteiger partial charge is 0.308 e. The molecule has 3 aromatic carbocycles. The van der Waals surface area contributed by atoms with Crippen LogP contribution in [0.5, 0.6) is 0 Å². The molecule has 1 unspecified atom stereocenters. The van der Waals surface area contributed by atoms with Gasteiger partial charge in [-0.25, -0.2) is 8.78 Å². The van der Waals surface area contributed by atoms with Crippen molar-refractivity contribution in [2.24, 2.45) is 5.92 Å². The highest BCUT2D eigenvalue weighted by atomic mass is 19.1. The van der Waals surface area contributed by atoms with E-state index in [-0.39, 0.29) is 19.0 Å². The van der Waals surface area contributed by atoms with Crippen LogP contribution >= 0.6 is 0 Å². The molecule has 1 aromatic heterocycles. The van der Waals surface area contributed by atoms with Crippen molar-refractivity contribution in [1.82, 2.24) is 15.1 Å². The third-order valence-corrected chi connectivity index (χ3v) is 6.75. The Balaban J connectivity index is 1.49. The molecule has 0 radical (unpaired) electrons. The first kappa shape index (κ1) is 26.7. The molecule has 0 saturated heterocycles. The minimum Gasteiger partial charge on any atom is -0.308 e. The van der Waals surface area contributed by atoms with Gasteiger partial charge in [0, 0.05) is 53.4 Å². The van der Waals surface area contributed by atoms with Gasteiger partial charge in [-0.15, -0.1) is 0 Å². The molecule has 3 amide bonds. The highest BCUT2D eigenvalue weighted by molar-refractivity contribution is 6.11. The molecule has 5 rings (SSSR count). The number of rotatable bonds is 7. The van der Waals surface area contributed by atoms with Crippen molar-refractivity contribution in [3.8, 4) is 0 Å². The van der Waals surface area contributed by atoms with Gasteiger partial charge in [0.05, 0.1) is 5.52 Å². The van der Waals surface area contributed by atoms with Crippen LogP contribution in [0, 0.1) is 17.6 Å². The molecule has 0 spiro atoms. The number of hydrogen-bond acceptors (Lipinski definition) is 4. The first-order chi connectivity index (χ1) is 19.2. The second-order valence-electron chi connectivity index (χ2n) is 9.76. The Morgan fingerprint density at radius 3 is 2.35 bits per heavy atom. The summed E-state index contributed by atoms with van der Waals surface area (Å²) in [7, 11) is 0. The Kier molecular flexibility index (Phi) is 7.41. The molecule has 1 N–H and O–H groups in total. The SMILES string of the molecule is CC(C)N(C(=O)CN1C=CN(c2ccccc2)C(=O)C(Cc2[nH]nc3cc(F)ccc23)C1=O)c1ccc(F)cc1. The zero-order valence-corrected chi connectivity index (χ0v) is 21.9. The fourth-order valence-corrected chi connectivity index (χ4v) is 4.83. The number of amides is 3. The molecule has 8 nitrogen and oxygen atoms in total. The quantitative estimate of drug-likeness (QED) is 0.340. The molecule has 2 heterocycles. The second kappa shape index (κ2) is 11.1. The van der Waals surface area contributed by atoms with E-state index in [0.29, 0.717) is 28.0 Å². The van der Waals surface area contributed by atoms with Crippen LogP contribution in [0.25, 0.3) is 10.9 Å². The van der Waals surface area contributed by atoms with Gasteiger partial charge in [-0.3, -0.25) is 24.4 Å². The van der Waals surface area contributed by atoms with Gasteiger partial charge in [0.2, 0.25) is 17.7 Å². The number of fused-ring (bicyclic) bond motifs is 1. The number of nitrogens with one attached hydrogen (secondary N) is 1. The lowest BCUT2D eigenvalue weighted by atomic mass is 9.98. The molecule has 0 saturated carbocycles. The molecule has 0 bridgehead atoms. The molecular formula is C30H27F2N5O3. The van der Waals surface area contributed by atoms with Crippen molar-refractivity contribution < 1.29 is 23.2 Å². The molecular weight excluding hydrogens is 516 g/mol. The van der Waals surface area contributed by atoms with Crippen LogP contribution < -0.4 is 9.80 Å². The number of H-pyrrole nitrogens is 1. The van der Waals surface area contributed by atoms with Gasteiger partial charge in [-0.05, 0) is 62.4 Å². The Morgan fingerprint density at radius 2 is 1.65 bits per heavy atom. The maximum absolute atomic E-state index is 13.9. The van der Waals surface area contributed by atoms with Crippen LogP contribution in [0.1, 0.15) is 19.5 Å². The minimum atomic E-state index is -1.20. The summed E-state index contributed by atoms with van der Waals surface area (Å²) in [6.07, 6.45) is 2.86. The Bertz CT molecular complexity index is 1580. The van der Waals surface area contributed by atoms with Crippen molar-refractivity contribution in [3.63, 3.8) is 0 Å². The summed E-state index contributed by atoms with van der Waals surface area (Å²) in [5.41, 5.74) is 1.92. The summed E-state index contributed by atoms with van der Waals surface area (Å²) in [5.74, 6) is -3.53. The molecule has 10 heteroatoms. The fourth-order valence-electron chi connectivity index (χ4n) is 4.83. The zero-order chi connectivity index (χ0) is 28.4. The van der Waals surface area contributed by atoms with Gasteiger partial charge >= 0.3 is 0 Å². The summed E-state index contributed by atoms with van der Waals surface area (Å²) >= 11 is 0. The number of carbonyl (C=O) groups is 3. The third kappa shape index (κ3) is 5.33. The van der Waals surface area contributed by atoms with Gasteiger partial charge in [0.15, 0.2) is 0 Å². The van der Waals surface area contributed by atoms with Crippen LogP contribution in [-0.4, -0.2) is 45.4 Å². The van der Waals surface area contributed by atoms with E-state index < -0.39 is 35.3 Å². The standard InChI is InChI=1S/C30H27F2N5O3/c1-19(2)37(23-11-8-20(31)9-12-23)28(38)18-35-14-15-36(22-6-4-3-5-7-22)30(40)25(29(35)39)17-27-24-13-10-21(32)16-26(24)33-34-27/h3-16,19,25H,17-18H2,1-2H3,(H,33,34). The summed E-state index contributed by atoms with van der Waals surface area (Å²) in [6.45, 7) is 3.29. The van der Waals surface area contributed by atoms with Crippen molar-refractivity contribution >= 4 is 40.0 Å². The topological polar surface area (TPSA) is 89.6 Å². The minimum absolute atomic E-state index is 0.0403. The van der Waals surface area contributed by atoms with Crippen LogP contribution in [0.2, 0.25) is 0 Å². The van der Waals surface area contributed by atoms with Crippen LogP contribution in [-0.2, 0) is 20.8 Å².